The fourth-order valence-corrected chi connectivity index (χ4v) is 10.4. The van der Waals surface area contributed by atoms with Gasteiger partial charge in [-0.05, 0) is 11.0 Å². The SMILES string of the molecule is CC(C)(C)[NH][Ti+2]([CH3])([CH3])[CH]1c2ccccc2-c2ccccc21.[Cl-].[Cl-].[SiH4]. The Hall–Kier alpha value is -0.0888. The second-order valence-corrected chi connectivity index (χ2v) is 14.4. The molecule has 24 heavy (non-hydrogen) atoms. The quantitative estimate of drug-likeness (QED) is 0.550. The van der Waals surface area contributed by atoms with E-state index in [1.807, 2.05) is 0 Å². The van der Waals surface area contributed by atoms with E-state index in [9.17, 15) is 0 Å². The summed E-state index contributed by atoms with van der Waals surface area (Å²) in [6.07, 6.45) is 0. The van der Waals surface area contributed by atoms with E-state index in [2.05, 4.69) is 83.6 Å². The zero-order valence-electron chi connectivity index (χ0n) is 14.5. The Kier molecular flexibility index (Phi) is 8.50. The first-order valence-corrected chi connectivity index (χ1v) is 12.6. The summed E-state index contributed by atoms with van der Waals surface area (Å²) < 4.78 is 4.59. The summed E-state index contributed by atoms with van der Waals surface area (Å²) in [7, 11) is 0. The number of nitrogens with one attached hydrogen (secondary N) is 1. The van der Waals surface area contributed by atoms with Crippen molar-refractivity contribution in [1.29, 1.82) is 0 Å². The second-order valence-electron chi connectivity index (χ2n) is 7.70. The van der Waals surface area contributed by atoms with E-state index in [-0.39, 0.29) is 41.3 Å². The number of benzene rings is 2. The van der Waals surface area contributed by atoms with Crippen LogP contribution in [0.5, 0.6) is 0 Å². The van der Waals surface area contributed by atoms with Crippen molar-refractivity contribution in [3.63, 3.8) is 0 Å². The molecule has 0 saturated carbocycles. The molecule has 1 nitrogen and oxygen atoms in total. The molecule has 132 valence electrons. The average Bonchev–Trinajstić information content (AvgIpc) is 2.71. The molecule has 1 aliphatic rings. The van der Waals surface area contributed by atoms with Gasteiger partial charge in [-0.15, -0.1) is 0 Å². The van der Waals surface area contributed by atoms with Crippen LogP contribution in [0, 0.1) is 0 Å². The van der Waals surface area contributed by atoms with Gasteiger partial charge in [-0.25, -0.2) is 0 Å². The minimum absolute atomic E-state index is 0. The summed E-state index contributed by atoms with van der Waals surface area (Å²) in [5.74, 6) is 0. The standard InChI is InChI=1S/C13H9.C4H10N.2CH3.2ClH.H4Si.Ti/c1-3-7-12-10(5-1)9-11-6-2-4-8-13(11)12;1-4(2,3)5;;;;;;/h1-9H;5H,1-3H3;2*1H3;2*1H;1H4;/q;-1;;;;;;+3/p-2. The Morgan fingerprint density at radius 1 is 0.792 bits per heavy atom. The minimum atomic E-state index is -2.24. The second kappa shape index (κ2) is 8.53. The third kappa shape index (κ3) is 4.55. The smallest absolute Gasteiger partial charge is 0.0149 e. The maximum Gasteiger partial charge on any atom is -0.0149 e. The van der Waals surface area contributed by atoms with Gasteiger partial charge in [0.05, 0.1) is 0 Å². The third-order valence-corrected chi connectivity index (χ3v) is 9.66. The molecule has 1 N–H and O–H groups in total. The van der Waals surface area contributed by atoms with Crippen molar-refractivity contribution in [3.8, 4) is 11.1 Å². The van der Waals surface area contributed by atoms with Crippen LogP contribution in [-0.2, 0) is 16.8 Å². The van der Waals surface area contributed by atoms with Crippen LogP contribution in [0.15, 0.2) is 48.5 Å². The van der Waals surface area contributed by atoms with E-state index in [1.165, 1.54) is 22.3 Å². The van der Waals surface area contributed by atoms with Gasteiger partial charge in [0, 0.05) is 0 Å². The van der Waals surface area contributed by atoms with Crippen LogP contribution in [0.4, 0.5) is 0 Å². The molecule has 2 aromatic carbocycles. The zero-order chi connectivity index (χ0) is 15.3. The third-order valence-electron chi connectivity index (χ3n) is 4.25. The van der Waals surface area contributed by atoms with Crippen LogP contribution < -0.4 is 28.6 Å². The molecule has 5 heteroatoms. The van der Waals surface area contributed by atoms with Crippen molar-refractivity contribution >= 4 is 11.0 Å². The largest absolute Gasteiger partial charge is 1.00 e. The van der Waals surface area contributed by atoms with Crippen LogP contribution in [0.1, 0.15) is 36.1 Å². The van der Waals surface area contributed by atoms with Crippen LogP contribution in [0.3, 0.4) is 0 Å². The van der Waals surface area contributed by atoms with Crippen LogP contribution in [0.25, 0.3) is 11.1 Å². The molecule has 0 aliphatic heterocycles. The van der Waals surface area contributed by atoms with Gasteiger partial charge in [-0.3, -0.25) is 0 Å². The first-order chi connectivity index (χ1) is 9.80. The monoisotopic (exact) mass is 417 g/mol. The molecule has 3 rings (SSSR count). The number of halogens is 2. The maximum atomic E-state index is 4.01. The Morgan fingerprint density at radius 2 is 1.17 bits per heavy atom. The summed E-state index contributed by atoms with van der Waals surface area (Å²) in [4.78, 5) is 0. The van der Waals surface area contributed by atoms with Gasteiger partial charge < -0.3 is 24.8 Å². The molecule has 0 bridgehead atoms. The van der Waals surface area contributed by atoms with Crippen LogP contribution in [-0.4, -0.2) is 16.5 Å². The van der Waals surface area contributed by atoms with Crippen molar-refractivity contribution in [2.45, 2.75) is 41.0 Å². The molecule has 0 radical (unpaired) electrons. The average molecular weight is 418 g/mol. The molecular weight excluding hydrogens is 389 g/mol. The number of rotatable bonds is 2. The van der Waals surface area contributed by atoms with E-state index >= 15 is 0 Å². The summed E-state index contributed by atoms with van der Waals surface area (Å²) in [5.41, 5.74) is 6.11. The number of fused-ring (bicyclic) bond motifs is 3. The Balaban J connectivity index is 0.00000176. The zero-order valence-corrected chi connectivity index (χ0v) is 17.5. The normalized spacial score (nSPS) is 12.4. The van der Waals surface area contributed by atoms with E-state index in [0.29, 0.717) is 4.22 Å². The molecule has 2 aromatic rings. The molecule has 0 heterocycles. The summed E-state index contributed by atoms with van der Waals surface area (Å²) in [6.45, 7) is 6.85. The first kappa shape index (κ1) is 23.9. The summed E-state index contributed by atoms with van der Waals surface area (Å²) in [6, 6.07) is 17.9. The van der Waals surface area contributed by atoms with Gasteiger partial charge in [-0.2, -0.15) is 0 Å². The van der Waals surface area contributed by atoms with Crippen LogP contribution in [0.2, 0.25) is 10.5 Å². The Bertz CT molecular complexity index is 638. The van der Waals surface area contributed by atoms with Crippen molar-refractivity contribution < 1.29 is 41.7 Å². The van der Waals surface area contributed by atoms with E-state index in [0.717, 1.165) is 0 Å². The number of hydrogen-bond donors (Lipinski definition) is 1. The predicted molar refractivity (Wildman–Crippen MR) is 99.7 cm³/mol. The van der Waals surface area contributed by atoms with Gasteiger partial charge in [-0.1, -0.05) is 0 Å². The molecule has 0 fully saturated rings. The topological polar surface area (TPSA) is 12.0 Å². The molecule has 0 amide bonds. The van der Waals surface area contributed by atoms with E-state index in [4.69, 9.17) is 0 Å². The molecule has 0 spiro atoms. The van der Waals surface area contributed by atoms with Crippen molar-refractivity contribution in [3.05, 3.63) is 59.7 Å². The minimum Gasteiger partial charge on any atom is -1.00 e. The van der Waals surface area contributed by atoms with Crippen molar-refractivity contribution in [1.82, 2.24) is 3.80 Å². The van der Waals surface area contributed by atoms with Gasteiger partial charge in [0.25, 0.3) is 0 Å². The summed E-state index contributed by atoms with van der Waals surface area (Å²) >= 11 is -2.24. The Morgan fingerprint density at radius 3 is 1.54 bits per heavy atom. The molecule has 0 unspecified atom stereocenters. The Labute approximate surface area is 167 Å². The van der Waals surface area contributed by atoms with Gasteiger partial charge in [0.15, 0.2) is 0 Å². The van der Waals surface area contributed by atoms with Gasteiger partial charge >= 0.3 is 132 Å². The predicted octanol–water partition coefficient (Wildman–Crippen LogP) is -2.13. The molecule has 0 saturated heterocycles. The van der Waals surface area contributed by atoms with Crippen LogP contribution >= 0.6 is 0 Å². The first-order valence-electron chi connectivity index (χ1n) is 7.77. The van der Waals surface area contributed by atoms with Gasteiger partial charge in [0.1, 0.15) is 0 Å². The molecular formula is C19H29Cl2NSiTi. The fraction of sp³-hybridized carbons (Fsp3) is 0.368. The van der Waals surface area contributed by atoms with Crippen molar-refractivity contribution in [2.75, 3.05) is 0 Å². The van der Waals surface area contributed by atoms with E-state index in [1.54, 1.807) is 0 Å². The summed E-state index contributed by atoms with van der Waals surface area (Å²) in [5, 5.41) is 5.02. The molecule has 0 atom stereocenters. The van der Waals surface area contributed by atoms with Crippen molar-refractivity contribution in [2.24, 2.45) is 0 Å². The fourth-order valence-electron chi connectivity index (χ4n) is 3.97. The van der Waals surface area contributed by atoms with E-state index < -0.39 is 16.8 Å². The van der Waals surface area contributed by atoms with Gasteiger partial charge in [0.2, 0.25) is 0 Å². The maximum absolute atomic E-state index is 4.01. The molecule has 0 aromatic heterocycles. The molecule has 1 aliphatic carbocycles. The number of hydrogen-bond acceptors (Lipinski definition) is 1.